The minimum atomic E-state index is -1.43. The van der Waals surface area contributed by atoms with Crippen LogP contribution < -0.4 is 35.6 Å². The topological polar surface area (TPSA) is 182 Å². The zero-order valence-electron chi connectivity index (χ0n) is 27.2. The number of hydroxylamine groups is 1. The number of rotatable bonds is 16. The number of ether oxygens (including phenoxy) is 3. The molecule has 13 nitrogen and oxygen atoms in total. The van der Waals surface area contributed by atoms with Crippen molar-refractivity contribution in [1.29, 1.82) is 0 Å². The molecule has 0 radical (unpaired) electrons. The van der Waals surface area contributed by atoms with Gasteiger partial charge in [0.15, 0.2) is 23.1 Å². The van der Waals surface area contributed by atoms with Gasteiger partial charge in [0, 0.05) is 42.4 Å². The van der Waals surface area contributed by atoms with Crippen molar-refractivity contribution in [3.63, 3.8) is 0 Å². The molecule has 0 aliphatic heterocycles. The van der Waals surface area contributed by atoms with Crippen LogP contribution in [-0.2, 0) is 19.2 Å². The van der Waals surface area contributed by atoms with Crippen molar-refractivity contribution in [1.82, 2.24) is 15.8 Å². The second-order valence-electron chi connectivity index (χ2n) is 11.7. The lowest BCUT2D eigenvalue weighted by molar-refractivity contribution is -0.133. The normalized spacial score (nSPS) is 13.6. The van der Waals surface area contributed by atoms with E-state index in [-0.39, 0.29) is 61.1 Å². The predicted octanol–water partition coefficient (Wildman–Crippen LogP) is 4.46. The largest absolute Gasteiger partial charge is 0.493 e. The van der Waals surface area contributed by atoms with E-state index in [1.54, 1.807) is 12.1 Å². The average Bonchev–Trinajstić information content (AvgIpc) is 3.91. The Morgan fingerprint density at radius 3 is 2.32 bits per heavy atom. The third-order valence-electron chi connectivity index (χ3n) is 8.14. The van der Waals surface area contributed by atoms with Crippen LogP contribution in [0.2, 0.25) is 0 Å². The molecule has 1 aliphatic rings. The number of nitrogens with one attached hydrogen (secondary N) is 2. The molecule has 3 aromatic carbocycles. The Kier molecular flexibility index (Phi) is 10.9. The van der Waals surface area contributed by atoms with E-state index in [4.69, 9.17) is 25.2 Å². The van der Waals surface area contributed by atoms with Crippen LogP contribution in [0.25, 0.3) is 10.9 Å². The quantitative estimate of drug-likeness (QED) is 0.0744. The number of fused-ring (bicyclic) bond motifs is 1. The minimum absolute atomic E-state index is 0.0807. The highest BCUT2D eigenvalue weighted by molar-refractivity contribution is 6.16. The van der Waals surface area contributed by atoms with Crippen molar-refractivity contribution in [2.45, 2.75) is 38.6 Å². The van der Waals surface area contributed by atoms with Crippen molar-refractivity contribution in [2.24, 2.45) is 11.1 Å². The highest BCUT2D eigenvalue weighted by Gasteiger charge is 2.57. The number of benzene rings is 3. The van der Waals surface area contributed by atoms with Gasteiger partial charge in [-0.25, -0.2) is 8.78 Å². The number of methoxy groups -OCH3 is 1. The zero-order chi connectivity index (χ0) is 36.0. The molecule has 1 heterocycles. The first-order valence-electron chi connectivity index (χ1n) is 15.6. The standard InChI is InChI=1S/C35H35F2N5O8/c1-20(43)16-27(41-47)32(44)40-13-3-15-49-31-18-24-26(19-30(31)48-2)39-14-10-28(24)50-29-9-8-23(17-25(29)37)42(22-6-4-21(36)5-7-22)34(46)35(11-12-35)33(38)45/h4-10,14,17-19,27,41,47H,3,11-13,15-16H2,1-2H3,(H2,38,45)(H,40,44). The van der Waals surface area contributed by atoms with Crippen LogP contribution in [0, 0.1) is 17.0 Å². The van der Waals surface area contributed by atoms with E-state index in [0.29, 0.717) is 28.8 Å². The van der Waals surface area contributed by atoms with Gasteiger partial charge < -0.3 is 30.5 Å². The number of carbonyl (C=O) groups excluding carboxylic acids is 4. The Bertz CT molecular complexity index is 1920. The van der Waals surface area contributed by atoms with Gasteiger partial charge in [-0.1, -0.05) is 0 Å². The monoisotopic (exact) mass is 691 g/mol. The van der Waals surface area contributed by atoms with Crippen molar-refractivity contribution >= 4 is 45.8 Å². The van der Waals surface area contributed by atoms with E-state index in [9.17, 15) is 23.6 Å². The summed E-state index contributed by atoms with van der Waals surface area (Å²) in [5.41, 5.74) is 6.70. The molecule has 0 bridgehead atoms. The molecule has 50 heavy (non-hydrogen) atoms. The summed E-state index contributed by atoms with van der Waals surface area (Å²) in [6.07, 6.45) is 2.18. The van der Waals surface area contributed by atoms with Crippen molar-refractivity contribution in [3.8, 4) is 23.0 Å². The van der Waals surface area contributed by atoms with Crippen LogP contribution in [0.5, 0.6) is 23.0 Å². The molecule has 4 aromatic rings. The number of aromatic nitrogens is 1. The molecule has 5 N–H and O–H groups in total. The third kappa shape index (κ3) is 7.79. The van der Waals surface area contributed by atoms with Crippen LogP contribution >= 0.6 is 0 Å². The molecule has 5 rings (SSSR count). The Hall–Kier alpha value is -5.67. The Morgan fingerprint density at radius 1 is 0.980 bits per heavy atom. The van der Waals surface area contributed by atoms with Crippen molar-refractivity contribution in [2.75, 3.05) is 25.2 Å². The first kappa shape index (κ1) is 35.6. The second-order valence-corrected chi connectivity index (χ2v) is 11.7. The number of amides is 3. The predicted molar refractivity (Wildman–Crippen MR) is 176 cm³/mol. The lowest BCUT2D eigenvalue weighted by Crippen LogP contribution is -2.44. The molecule has 3 amide bonds. The van der Waals surface area contributed by atoms with Gasteiger partial charge in [0.1, 0.15) is 28.8 Å². The number of primary amides is 1. The van der Waals surface area contributed by atoms with E-state index in [2.05, 4.69) is 10.3 Å². The maximum Gasteiger partial charge on any atom is 0.247 e. The first-order chi connectivity index (χ1) is 24.0. The fraction of sp³-hybridized carbons (Fsp3) is 0.286. The third-order valence-corrected chi connectivity index (χ3v) is 8.14. The first-order valence-corrected chi connectivity index (χ1v) is 15.6. The van der Waals surface area contributed by atoms with Crippen LogP contribution in [-0.4, -0.2) is 60.0 Å². The summed E-state index contributed by atoms with van der Waals surface area (Å²) in [7, 11) is 1.46. The molecule has 1 atom stereocenters. The van der Waals surface area contributed by atoms with Crippen LogP contribution in [0.3, 0.4) is 0 Å². The summed E-state index contributed by atoms with van der Waals surface area (Å²) >= 11 is 0. The van der Waals surface area contributed by atoms with Gasteiger partial charge in [-0.3, -0.25) is 29.1 Å². The lowest BCUT2D eigenvalue weighted by atomic mass is 10.0. The molecule has 1 fully saturated rings. The molecule has 0 saturated heterocycles. The number of nitrogens with zero attached hydrogens (tertiary/aromatic N) is 2. The fourth-order valence-corrected chi connectivity index (χ4v) is 5.27. The van der Waals surface area contributed by atoms with E-state index in [1.165, 1.54) is 50.6 Å². The number of hydrogen-bond acceptors (Lipinski definition) is 10. The van der Waals surface area contributed by atoms with Gasteiger partial charge in [-0.15, -0.1) is 0 Å². The summed E-state index contributed by atoms with van der Waals surface area (Å²) in [5.74, 6) is -2.87. The molecule has 0 spiro atoms. The summed E-state index contributed by atoms with van der Waals surface area (Å²) in [6, 6.07) is 12.5. The van der Waals surface area contributed by atoms with Crippen molar-refractivity contribution < 1.29 is 47.4 Å². The number of hydrogen-bond donors (Lipinski definition) is 4. The number of carbonyl (C=O) groups is 4. The summed E-state index contributed by atoms with van der Waals surface area (Å²) in [5, 5.41) is 12.2. The zero-order valence-corrected chi connectivity index (χ0v) is 27.2. The smallest absolute Gasteiger partial charge is 0.247 e. The van der Waals surface area contributed by atoms with Gasteiger partial charge in [0.2, 0.25) is 17.7 Å². The lowest BCUT2D eigenvalue weighted by Gasteiger charge is -2.26. The Labute approximate surface area is 285 Å². The number of halogens is 2. The summed E-state index contributed by atoms with van der Waals surface area (Å²) < 4.78 is 46.8. The van der Waals surface area contributed by atoms with Crippen molar-refractivity contribution in [3.05, 3.63) is 78.5 Å². The van der Waals surface area contributed by atoms with Gasteiger partial charge in [-0.2, -0.15) is 5.48 Å². The molecule has 1 aliphatic carbocycles. The number of Topliss-reactive ketones (excluding diaryl/α,β-unsaturated/α-hetero) is 1. The Morgan fingerprint density at radius 2 is 1.70 bits per heavy atom. The van der Waals surface area contributed by atoms with Crippen LogP contribution in [0.1, 0.15) is 32.6 Å². The molecule has 1 unspecified atom stereocenters. The maximum absolute atomic E-state index is 15.7. The fourth-order valence-electron chi connectivity index (χ4n) is 5.27. The number of anilines is 2. The van der Waals surface area contributed by atoms with Gasteiger partial charge in [0.05, 0.1) is 24.9 Å². The molecular weight excluding hydrogens is 656 g/mol. The SMILES string of the molecule is COc1cc2nccc(Oc3ccc(N(C(=O)C4(C(N)=O)CC4)c4ccc(F)cc4)cc3F)c2cc1OCCCNC(=O)C(CC(C)=O)NO. The van der Waals surface area contributed by atoms with E-state index < -0.39 is 40.8 Å². The van der Waals surface area contributed by atoms with E-state index in [1.807, 2.05) is 5.48 Å². The molecule has 262 valence electrons. The van der Waals surface area contributed by atoms with Crippen LogP contribution in [0.4, 0.5) is 20.2 Å². The van der Waals surface area contributed by atoms with Gasteiger partial charge in [0.25, 0.3) is 0 Å². The average molecular weight is 692 g/mol. The number of nitrogens with two attached hydrogens (primary N) is 1. The number of pyridine rings is 1. The maximum atomic E-state index is 15.7. The highest BCUT2D eigenvalue weighted by Crippen LogP contribution is 2.49. The van der Waals surface area contributed by atoms with E-state index in [0.717, 1.165) is 23.1 Å². The molecule has 1 saturated carbocycles. The number of ketones is 1. The van der Waals surface area contributed by atoms with Gasteiger partial charge >= 0.3 is 0 Å². The molecular formula is C35H35F2N5O8. The van der Waals surface area contributed by atoms with E-state index >= 15 is 4.39 Å². The van der Waals surface area contributed by atoms with Crippen LogP contribution in [0.15, 0.2) is 66.9 Å². The molecule has 15 heteroatoms. The van der Waals surface area contributed by atoms with Gasteiger partial charge in [-0.05, 0) is 74.7 Å². The summed E-state index contributed by atoms with van der Waals surface area (Å²) in [4.78, 5) is 54.7. The highest BCUT2D eigenvalue weighted by atomic mass is 19.1. The minimum Gasteiger partial charge on any atom is -0.493 e. The summed E-state index contributed by atoms with van der Waals surface area (Å²) in [6.45, 7) is 1.66. The Balaban J connectivity index is 1.34. The molecule has 1 aromatic heterocycles. The second kappa shape index (κ2) is 15.3.